The first-order valence-electron chi connectivity index (χ1n) is 13.6. The average Bonchev–Trinajstić information content (AvgIpc) is 3.78. The summed E-state index contributed by atoms with van der Waals surface area (Å²) in [5.74, 6) is 0.667. The molecule has 7 heterocycles. The number of carbonyl (C=O) groups is 1. The molecule has 0 amide bonds. The molecule has 8 unspecified atom stereocenters. The van der Waals surface area contributed by atoms with Crippen LogP contribution in [-0.2, 0) is 47.2 Å². The van der Waals surface area contributed by atoms with Crippen molar-refractivity contribution in [2.24, 2.45) is 0 Å². The van der Waals surface area contributed by atoms with E-state index >= 15 is 0 Å². The Hall–Kier alpha value is -0.355. The molecule has 8 fully saturated rings. The number of ether oxygens (including phenoxy) is 7. The molecule has 8 aliphatic rings. The summed E-state index contributed by atoms with van der Waals surface area (Å²) >= 11 is 5.27. The van der Waals surface area contributed by atoms with E-state index in [-0.39, 0.29) is 14.9 Å². The topological polar surface area (TPSA) is 139 Å². The van der Waals surface area contributed by atoms with Gasteiger partial charge in [-0.1, -0.05) is 34.6 Å². The predicted octanol–water partition coefficient (Wildman–Crippen LogP) is 5.43. The third-order valence-electron chi connectivity index (χ3n) is 5.56. The van der Waals surface area contributed by atoms with Crippen LogP contribution in [-0.4, -0.2) is 109 Å². The van der Waals surface area contributed by atoms with E-state index in [0.717, 1.165) is 39.6 Å². The first kappa shape index (κ1) is 47.6. The molecule has 10 nitrogen and oxygen atoms in total. The fourth-order valence-corrected chi connectivity index (χ4v) is 2.50. The molecule has 0 N–H and O–H groups in total. The van der Waals surface area contributed by atoms with E-state index in [1.807, 2.05) is 6.79 Å². The Morgan fingerprint density at radius 2 is 1.02 bits per heavy atom. The van der Waals surface area contributed by atoms with Crippen LogP contribution < -0.4 is 0 Å². The van der Waals surface area contributed by atoms with Crippen LogP contribution in [0.2, 0.25) is 0 Å². The van der Waals surface area contributed by atoms with Crippen molar-refractivity contribution in [3.63, 3.8) is 0 Å². The van der Waals surface area contributed by atoms with Gasteiger partial charge < -0.3 is 38.0 Å². The van der Waals surface area contributed by atoms with E-state index < -0.39 is 0 Å². The Balaban J connectivity index is -0.000000189. The Kier molecular flexibility index (Phi) is 37.8. The normalized spacial score (nSPS) is 32.3. The number of rotatable bonds is 2. The quantitative estimate of drug-likeness (QED) is 0.168. The zero-order chi connectivity index (χ0) is 30.1. The second-order valence-electron chi connectivity index (χ2n) is 9.42. The van der Waals surface area contributed by atoms with Crippen molar-refractivity contribution in [1.82, 2.24) is 0 Å². The predicted molar refractivity (Wildman–Crippen MR) is 165 cm³/mol. The van der Waals surface area contributed by atoms with E-state index in [4.69, 9.17) is 54.1 Å². The maximum absolute atomic E-state index is 8.06. The van der Waals surface area contributed by atoms with Gasteiger partial charge in [0.15, 0.2) is 0 Å². The van der Waals surface area contributed by atoms with Crippen LogP contribution in [0, 0.1) is 0 Å². The maximum atomic E-state index is 8.06. The summed E-state index contributed by atoms with van der Waals surface area (Å²) in [6.07, 6.45) is 11.4. The molecule has 13 heteroatoms. The number of halogens is 1. The molecule has 7 aliphatic heterocycles. The fourth-order valence-electron chi connectivity index (χ4n) is 2.32. The van der Waals surface area contributed by atoms with Crippen molar-refractivity contribution in [3.05, 3.63) is 0 Å². The van der Waals surface area contributed by atoms with Crippen molar-refractivity contribution < 1.29 is 47.2 Å². The Labute approximate surface area is 258 Å². The summed E-state index contributed by atoms with van der Waals surface area (Å²) in [7, 11) is 4.97. The van der Waals surface area contributed by atoms with Gasteiger partial charge in [-0.25, -0.2) is 0 Å². The second kappa shape index (κ2) is 32.6. The van der Waals surface area contributed by atoms with Crippen molar-refractivity contribution in [3.8, 4) is 0 Å². The zero-order valence-corrected chi connectivity index (χ0v) is 26.1. The molecule has 8 rings (SSSR count). The van der Waals surface area contributed by atoms with Crippen LogP contribution in [0.5, 0.6) is 0 Å². The van der Waals surface area contributed by atoms with Gasteiger partial charge in [-0.3, -0.25) is 4.57 Å². The third kappa shape index (κ3) is 44.2. The number of alkyl halides is 1. The van der Waals surface area contributed by atoms with Crippen molar-refractivity contribution in [2.45, 2.75) is 130 Å². The third-order valence-corrected chi connectivity index (χ3v) is 5.91. The van der Waals surface area contributed by atoms with Gasteiger partial charge in [-0.15, -0.1) is 11.6 Å². The Morgan fingerprint density at radius 1 is 0.732 bits per heavy atom. The van der Waals surface area contributed by atoms with Crippen molar-refractivity contribution in [2.75, 3.05) is 45.5 Å². The minimum atomic E-state index is 0. The molecule has 0 aromatic carbocycles. The molecule has 8 atom stereocenters. The molecular weight excluding hydrogens is 574 g/mol. The summed E-state index contributed by atoms with van der Waals surface area (Å²) in [6.45, 7) is 18.3. The monoisotopic (exact) mass is 631 g/mol. The molecule has 1 aliphatic carbocycles. The van der Waals surface area contributed by atoms with Crippen LogP contribution in [0.15, 0.2) is 0 Å². The second-order valence-corrected chi connectivity index (χ2v) is 9.73. The van der Waals surface area contributed by atoms with E-state index in [2.05, 4.69) is 47.1 Å². The summed E-state index contributed by atoms with van der Waals surface area (Å²) in [5.41, 5.74) is 0. The van der Waals surface area contributed by atoms with E-state index in [0.29, 0.717) is 54.7 Å². The van der Waals surface area contributed by atoms with Crippen molar-refractivity contribution >= 4 is 35.2 Å². The molecule has 41 heavy (non-hydrogen) atoms. The van der Waals surface area contributed by atoms with Gasteiger partial charge in [0.05, 0.1) is 94.4 Å². The van der Waals surface area contributed by atoms with Gasteiger partial charge in [-0.05, 0) is 47.0 Å². The number of fused-ring (bicyclic) bond motifs is 1. The van der Waals surface area contributed by atoms with Gasteiger partial charge in [0, 0.05) is 0 Å². The molecule has 1 saturated carbocycles. The standard InChI is InChI=1S/C6H10O.2C4H8O.C3H5ClO.2C3H6O.C2H4O.CH2O.2CH4.BO.HOP/c1-2-4-6-5(3-1)7-6;1-3-4(2)5-3;1-2-4-3-5-4;4-1-3-2-5-3;2*1-3-2-4-3;1-2-3-1;1-2;;;2*1-2/h5-6H,1-4H2;3-4H,1-2H3;4H,2-3H2,1H3;3H,1-2H2;2*3H,2H2,1H3;1-2H2;1H2;2*1H4;;2H. The van der Waals surface area contributed by atoms with Crippen LogP contribution in [0.3, 0.4) is 0 Å². The number of hydrogen-bond acceptors (Lipinski definition) is 10. The Bertz CT molecular complexity index is 496. The molecule has 0 bridgehead atoms. The SMILES string of the molecule is C.C.C1CCC2OC2C1.C1CO1.C=O.CC1CO1.CC1CO1.CC1OC1C.CCC1CO1.ClCC1CO1.O=P.[B]=O. The molecule has 0 aromatic rings. The summed E-state index contributed by atoms with van der Waals surface area (Å²) in [5, 5.41) is 0. The zero-order valence-electron chi connectivity index (χ0n) is 24.3. The first-order valence-corrected chi connectivity index (χ1v) is 14.5. The summed E-state index contributed by atoms with van der Waals surface area (Å²) in [6, 6.07) is 0. The summed E-state index contributed by atoms with van der Waals surface area (Å²) in [4.78, 5) is 8.00. The molecular formula is C28H58BClO10P. The minimum absolute atomic E-state index is 0. The molecule has 245 valence electrons. The summed E-state index contributed by atoms with van der Waals surface area (Å²) < 4.78 is 49.5. The number of epoxide rings is 7. The number of carbonyl (C=O) groups excluding carboxylic acids is 1. The molecule has 0 spiro atoms. The Morgan fingerprint density at radius 3 is 1.10 bits per heavy atom. The van der Waals surface area contributed by atoms with Gasteiger partial charge in [-0.2, -0.15) is 0 Å². The van der Waals surface area contributed by atoms with Gasteiger partial charge >= 0.3 is 12.4 Å². The van der Waals surface area contributed by atoms with E-state index in [1.165, 1.54) is 32.1 Å². The van der Waals surface area contributed by atoms with Crippen LogP contribution in [0.1, 0.15) is 81.6 Å². The van der Waals surface area contributed by atoms with Gasteiger partial charge in [0.1, 0.15) is 15.9 Å². The van der Waals surface area contributed by atoms with Gasteiger partial charge in [0.2, 0.25) is 0 Å². The fraction of sp³-hybridized carbons (Fsp3) is 0.964. The number of hydrogen-bond donors (Lipinski definition) is 0. The van der Waals surface area contributed by atoms with Crippen LogP contribution in [0.4, 0.5) is 0 Å². The van der Waals surface area contributed by atoms with Crippen molar-refractivity contribution in [1.29, 1.82) is 0 Å². The molecule has 0 aromatic heterocycles. The van der Waals surface area contributed by atoms with Crippen LogP contribution in [0.25, 0.3) is 0 Å². The van der Waals surface area contributed by atoms with Gasteiger partial charge in [0.25, 0.3) is 0 Å². The van der Waals surface area contributed by atoms with E-state index in [9.17, 15) is 0 Å². The van der Waals surface area contributed by atoms with Crippen LogP contribution >= 0.6 is 20.7 Å². The average molecular weight is 632 g/mol. The molecule has 7 saturated heterocycles. The molecule has 1 radical (unpaired) electrons. The van der Waals surface area contributed by atoms with E-state index in [1.54, 1.807) is 9.12 Å². The first-order chi connectivity index (χ1) is 18.9.